The summed E-state index contributed by atoms with van der Waals surface area (Å²) in [5.41, 5.74) is 0.109. The Bertz CT molecular complexity index is 489. The number of carboxylic acids is 1. The fraction of sp³-hybridized carbons (Fsp3) is 0.500. The first-order valence-electron chi connectivity index (χ1n) is 5.23. The number of hydrogen-bond donors (Lipinski definition) is 1. The van der Waals surface area contributed by atoms with Crippen molar-refractivity contribution in [3.05, 3.63) is 15.3 Å². The van der Waals surface area contributed by atoms with E-state index in [2.05, 4.69) is 21.0 Å². The number of carboxylic acid groups (broad SMARTS) is 1. The molecule has 1 unspecified atom stereocenters. The zero-order valence-electron chi connectivity index (χ0n) is 10.1. The Morgan fingerprint density at radius 2 is 2.17 bits per heavy atom. The fourth-order valence-corrected chi connectivity index (χ4v) is 2.11. The van der Waals surface area contributed by atoms with E-state index in [9.17, 15) is 9.59 Å². The largest absolute Gasteiger partial charge is 0.480 e. The molecule has 8 heteroatoms. The molecule has 1 rings (SSSR count). The van der Waals surface area contributed by atoms with E-state index < -0.39 is 17.9 Å². The minimum absolute atomic E-state index is 0.109. The zero-order chi connectivity index (χ0) is 14.0. The van der Waals surface area contributed by atoms with Crippen LogP contribution in [-0.2, 0) is 11.8 Å². The van der Waals surface area contributed by atoms with E-state index in [1.54, 1.807) is 14.0 Å². The Kier molecular flexibility index (Phi) is 4.75. The van der Waals surface area contributed by atoms with E-state index in [0.29, 0.717) is 4.47 Å². The fourth-order valence-electron chi connectivity index (χ4n) is 1.48. The molecule has 1 aromatic rings. The Morgan fingerprint density at radius 3 is 2.50 bits per heavy atom. The summed E-state index contributed by atoms with van der Waals surface area (Å²) in [7, 11) is 1.60. The van der Waals surface area contributed by atoms with Gasteiger partial charge >= 0.3 is 5.97 Å². The van der Waals surface area contributed by atoms with Crippen molar-refractivity contribution < 1.29 is 14.7 Å². The number of amides is 1. The van der Waals surface area contributed by atoms with Crippen LogP contribution in [0.4, 0.5) is 0 Å². The maximum absolute atomic E-state index is 12.2. The standard InChI is InChI=1S/C10H13BrClN3O3/c1-4-15(5(2)10(17)18)9(16)7-6(11)8(12)14(3)13-7/h5H,4H2,1-3H3,(H,17,18). The van der Waals surface area contributed by atoms with Gasteiger partial charge in [0, 0.05) is 13.6 Å². The van der Waals surface area contributed by atoms with Gasteiger partial charge in [0.25, 0.3) is 5.91 Å². The van der Waals surface area contributed by atoms with Crippen molar-refractivity contribution in [1.82, 2.24) is 14.7 Å². The number of aliphatic carboxylic acids is 1. The van der Waals surface area contributed by atoms with Gasteiger partial charge in [-0.15, -0.1) is 0 Å². The van der Waals surface area contributed by atoms with E-state index >= 15 is 0 Å². The molecule has 0 spiro atoms. The molecule has 0 aliphatic carbocycles. The number of aryl methyl sites for hydroxylation is 1. The molecule has 0 radical (unpaired) electrons. The van der Waals surface area contributed by atoms with E-state index in [0.717, 1.165) is 0 Å². The van der Waals surface area contributed by atoms with Crippen molar-refractivity contribution in [3.63, 3.8) is 0 Å². The lowest BCUT2D eigenvalue weighted by molar-refractivity contribution is -0.141. The van der Waals surface area contributed by atoms with Crippen molar-refractivity contribution in [3.8, 4) is 0 Å². The third-order valence-electron chi connectivity index (χ3n) is 2.55. The van der Waals surface area contributed by atoms with Crippen LogP contribution in [0, 0.1) is 0 Å². The molecule has 0 aliphatic rings. The summed E-state index contributed by atoms with van der Waals surface area (Å²) in [6.07, 6.45) is 0. The SMILES string of the molecule is CCN(C(=O)c1nn(C)c(Cl)c1Br)C(C)C(=O)O. The van der Waals surface area contributed by atoms with E-state index in [-0.39, 0.29) is 17.4 Å². The molecule has 0 aliphatic heterocycles. The number of hydrogen-bond acceptors (Lipinski definition) is 3. The second-order valence-corrected chi connectivity index (χ2v) is 4.83. The number of nitrogens with zero attached hydrogens (tertiary/aromatic N) is 3. The minimum atomic E-state index is -1.07. The molecule has 0 saturated heterocycles. The van der Waals surface area contributed by atoms with Crippen LogP contribution in [0.15, 0.2) is 4.47 Å². The Labute approximate surface area is 118 Å². The quantitative estimate of drug-likeness (QED) is 0.908. The first-order valence-corrected chi connectivity index (χ1v) is 6.40. The lowest BCUT2D eigenvalue weighted by Gasteiger charge is -2.24. The highest BCUT2D eigenvalue weighted by molar-refractivity contribution is 9.10. The van der Waals surface area contributed by atoms with E-state index in [1.165, 1.54) is 16.5 Å². The molecule has 1 N–H and O–H groups in total. The predicted molar refractivity (Wildman–Crippen MR) is 69.7 cm³/mol. The minimum Gasteiger partial charge on any atom is -0.480 e. The maximum Gasteiger partial charge on any atom is 0.326 e. The maximum atomic E-state index is 12.2. The molecule has 1 aromatic heterocycles. The first-order chi connectivity index (χ1) is 8.31. The number of rotatable bonds is 4. The van der Waals surface area contributed by atoms with Crippen molar-refractivity contribution in [1.29, 1.82) is 0 Å². The average Bonchev–Trinajstić information content (AvgIpc) is 2.57. The van der Waals surface area contributed by atoms with E-state index in [4.69, 9.17) is 16.7 Å². The highest BCUT2D eigenvalue weighted by atomic mass is 79.9. The van der Waals surface area contributed by atoms with Crippen LogP contribution in [0.1, 0.15) is 24.3 Å². The van der Waals surface area contributed by atoms with Crippen molar-refractivity contribution in [2.24, 2.45) is 7.05 Å². The Balaban J connectivity index is 3.11. The van der Waals surface area contributed by atoms with Gasteiger partial charge in [-0.25, -0.2) is 4.79 Å². The molecule has 0 bridgehead atoms. The summed E-state index contributed by atoms with van der Waals surface area (Å²) in [5, 5.41) is 13.2. The van der Waals surface area contributed by atoms with Crippen LogP contribution >= 0.6 is 27.5 Å². The monoisotopic (exact) mass is 337 g/mol. The summed E-state index contributed by atoms with van der Waals surface area (Å²) in [4.78, 5) is 24.4. The van der Waals surface area contributed by atoms with Crippen LogP contribution in [0.5, 0.6) is 0 Å². The topological polar surface area (TPSA) is 75.4 Å². The number of carbonyl (C=O) groups is 2. The first kappa shape index (κ1) is 15.0. The van der Waals surface area contributed by atoms with Gasteiger partial charge in [-0.2, -0.15) is 5.10 Å². The molecule has 1 amide bonds. The molecule has 18 heavy (non-hydrogen) atoms. The van der Waals surface area contributed by atoms with Gasteiger partial charge in [-0.05, 0) is 29.8 Å². The Hall–Kier alpha value is -1.08. The predicted octanol–water partition coefficient (Wildman–Crippen LogP) is 1.77. The molecule has 0 saturated carbocycles. The third kappa shape index (κ3) is 2.67. The highest BCUT2D eigenvalue weighted by Crippen LogP contribution is 2.26. The van der Waals surface area contributed by atoms with Gasteiger partial charge in [0.15, 0.2) is 5.69 Å². The average molecular weight is 339 g/mol. The highest BCUT2D eigenvalue weighted by Gasteiger charge is 2.29. The normalized spacial score (nSPS) is 12.3. The Morgan fingerprint density at radius 1 is 1.61 bits per heavy atom. The molecule has 6 nitrogen and oxygen atoms in total. The number of aromatic nitrogens is 2. The van der Waals surface area contributed by atoms with Crippen molar-refractivity contribution >= 4 is 39.4 Å². The van der Waals surface area contributed by atoms with Crippen LogP contribution in [-0.4, -0.2) is 44.3 Å². The smallest absolute Gasteiger partial charge is 0.326 e. The molecule has 0 aromatic carbocycles. The zero-order valence-corrected chi connectivity index (χ0v) is 12.5. The summed E-state index contributed by atoms with van der Waals surface area (Å²) < 4.78 is 1.71. The van der Waals surface area contributed by atoms with Gasteiger partial charge < -0.3 is 10.0 Å². The lowest BCUT2D eigenvalue weighted by Crippen LogP contribution is -2.43. The second kappa shape index (κ2) is 5.71. The molecular formula is C10H13BrClN3O3. The second-order valence-electron chi connectivity index (χ2n) is 3.68. The number of halogens is 2. The van der Waals surface area contributed by atoms with Gasteiger partial charge in [-0.3, -0.25) is 9.48 Å². The van der Waals surface area contributed by atoms with Crippen LogP contribution in [0.2, 0.25) is 5.15 Å². The van der Waals surface area contributed by atoms with Crippen LogP contribution in [0.3, 0.4) is 0 Å². The number of carbonyl (C=O) groups excluding carboxylic acids is 1. The van der Waals surface area contributed by atoms with E-state index in [1.807, 2.05) is 0 Å². The molecule has 1 atom stereocenters. The molecule has 0 fully saturated rings. The molecule has 1 heterocycles. The van der Waals surface area contributed by atoms with Crippen molar-refractivity contribution in [2.45, 2.75) is 19.9 Å². The van der Waals surface area contributed by atoms with Gasteiger partial charge in [-0.1, -0.05) is 11.6 Å². The lowest BCUT2D eigenvalue weighted by atomic mass is 10.2. The summed E-state index contributed by atoms with van der Waals surface area (Å²) in [6.45, 7) is 3.42. The van der Waals surface area contributed by atoms with Gasteiger partial charge in [0.1, 0.15) is 11.2 Å². The van der Waals surface area contributed by atoms with Gasteiger partial charge in [0.2, 0.25) is 0 Å². The summed E-state index contributed by atoms with van der Waals surface area (Å²) >= 11 is 9.07. The third-order valence-corrected chi connectivity index (χ3v) is 3.97. The summed E-state index contributed by atoms with van der Waals surface area (Å²) in [6, 6.07) is -0.921. The molecular weight excluding hydrogens is 325 g/mol. The molecule has 100 valence electrons. The van der Waals surface area contributed by atoms with Crippen LogP contribution in [0.25, 0.3) is 0 Å². The van der Waals surface area contributed by atoms with Crippen LogP contribution < -0.4 is 0 Å². The van der Waals surface area contributed by atoms with Gasteiger partial charge in [0.05, 0.1) is 4.47 Å². The number of likely N-dealkylation sites (N-methyl/N-ethyl adjacent to an activating group) is 1. The summed E-state index contributed by atoms with van der Waals surface area (Å²) in [5.74, 6) is -1.54. The van der Waals surface area contributed by atoms with Crippen molar-refractivity contribution in [2.75, 3.05) is 6.54 Å².